The summed E-state index contributed by atoms with van der Waals surface area (Å²) in [4.78, 5) is 11.3. The molecule has 0 radical (unpaired) electrons. The summed E-state index contributed by atoms with van der Waals surface area (Å²) in [6, 6.07) is 6.92. The number of benzene rings is 1. The van der Waals surface area contributed by atoms with E-state index >= 15 is 0 Å². The van der Waals surface area contributed by atoms with Crippen LogP contribution in [0.2, 0.25) is 0 Å². The third-order valence-corrected chi connectivity index (χ3v) is 4.69. The van der Waals surface area contributed by atoms with Gasteiger partial charge in [0.2, 0.25) is 0 Å². The highest BCUT2D eigenvalue weighted by molar-refractivity contribution is 6.62. The van der Waals surface area contributed by atoms with Crippen molar-refractivity contribution in [1.82, 2.24) is 0 Å². The minimum absolute atomic E-state index is 0.00438. The van der Waals surface area contributed by atoms with Crippen LogP contribution >= 0.6 is 0 Å². The maximum Gasteiger partial charge on any atom is 0.494 e. The Labute approximate surface area is 138 Å². The second kappa shape index (κ2) is 6.17. The summed E-state index contributed by atoms with van der Waals surface area (Å²) in [6.45, 7) is 11.8. The van der Waals surface area contributed by atoms with Crippen LogP contribution in [0.1, 0.15) is 41.5 Å². The first-order valence-corrected chi connectivity index (χ1v) is 7.98. The molecule has 2 N–H and O–H groups in total. The molecule has 126 valence electrons. The molecule has 23 heavy (non-hydrogen) atoms. The van der Waals surface area contributed by atoms with Crippen LogP contribution in [-0.2, 0) is 14.1 Å². The lowest BCUT2D eigenvalue weighted by atomic mass is 9.79. The van der Waals surface area contributed by atoms with Crippen molar-refractivity contribution in [3.63, 3.8) is 0 Å². The Balaban J connectivity index is 2.10. The molecule has 6 heteroatoms. The highest BCUT2D eigenvalue weighted by atomic mass is 16.7. The topological polar surface area (TPSA) is 67.8 Å². The number of rotatable bonds is 5. The molecule has 2 rings (SSSR count). The van der Waals surface area contributed by atoms with Gasteiger partial charge in [-0.25, -0.2) is 4.79 Å². The quantitative estimate of drug-likeness (QED) is 0.816. The van der Waals surface area contributed by atoms with Crippen molar-refractivity contribution in [2.24, 2.45) is 5.92 Å². The minimum Gasteiger partial charge on any atom is -0.480 e. The summed E-state index contributed by atoms with van der Waals surface area (Å²) in [5, 5.41) is 12.3. The van der Waals surface area contributed by atoms with Crippen LogP contribution in [0.4, 0.5) is 5.69 Å². The molecule has 0 aromatic heterocycles. The summed E-state index contributed by atoms with van der Waals surface area (Å²) in [6.07, 6.45) is 0. The van der Waals surface area contributed by atoms with Crippen molar-refractivity contribution >= 4 is 24.2 Å². The van der Waals surface area contributed by atoms with Gasteiger partial charge >= 0.3 is 13.1 Å². The van der Waals surface area contributed by atoms with E-state index in [2.05, 4.69) is 5.32 Å². The van der Waals surface area contributed by atoms with Gasteiger partial charge in [0.15, 0.2) is 0 Å². The summed E-state index contributed by atoms with van der Waals surface area (Å²) >= 11 is 0. The van der Waals surface area contributed by atoms with E-state index in [9.17, 15) is 9.90 Å². The van der Waals surface area contributed by atoms with Crippen LogP contribution in [0, 0.1) is 5.92 Å². The average Bonchev–Trinajstić information content (AvgIpc) is 2.64. The van der Waals surface area contributed by atoms with Crippen LogP contribution < -0.4 is 10.8 Å². The third-order valence-electron chi connectivity index (χ3n) is 4.69. The molecule has 5 nitrogen and oxygen atoms in total. The zero-order chi connectivity index (χ0) is 17.4. The number of hydrogen-bond donors (Lipinski definition) is 2. The molecule has 0 saturated carbocycles. The number of carboxylic acids is 1. The molecule has 0 amide bonds. The number of carbonyl (C=O) groups is 1. The number of nitrogens with one attached hydrogen (secondary N) is 1. The Morgan fingerprint density at radius 2 is 1.57 bits per heavy atom. The SMILES string of the molecule is CC(C)C(Nc1ccc(B2OC(C)(C)C(C)(C)O2)cc1)C(=O)O. The second-order valence-electron chi connectivity index (χ2n) is 7.41. The van der Waals surface area contributed by atoms with Crippen LogP contribution in [0.15, 0.2) is 24.3 Å². The van der Waals surface area contributed by atoms with Gasteiger partial charge in [-0.3, -0.25) is 0 Å². The monoisotopic (exact) mass is 319 g/mol. The van der Waals surface area contributed by atoms with Crippen molar-refractivity contribution in [3.05, 3.63) is 24.3 Å². The molecule has 1 aromatic rings. The van der Waals surface area contributed by atoms with E-state index in [1.54, 1.807) is 0 Å². The van der Waals surface area contributed by atoms with Gasteiger partial charge in [0.05, 0.1) is 11.2 Å². The first kappa shape index (κ1) is 17.8. The van der Waals surface area contributed by atoms with Crippen molar-refractivity contribution in [1.29, 1.82) is 0 Å². The van der Waals surface area contributed by atoms with Crippen LogP contribution in [0.25, 0.3) is 0 Å². The number of anilines is 1. The minimum atomic E-state index is -0.852. The van der Waals surface area contributed by atoms with E-state index in [1.165, 1.54) is 0 Å². The molecule has 1 unspecified atom stereocenters. The average molecular weight is 319 g/mol. The zero-order valence-corrected chi connectivity index (χ0v) is 14.7. The highest BCUT2D eigenvalue weighted by Gasteiger charge is 2.51. The van der Waals surface area contributed by atoms with E-state index < -0.39 is 19.1 Å². The molecule has 0 aliphatic carbocycles. The predicted molar refractivity (Wildman–Crippen MR) is 92.0 cm³/mol. The summed E-state index contributed by atoms with van der Waals surface area (Å²) in [5.74, 6) is -0.856. The Morgan fingerprint density at radius 1 is 1.09 bits per heavy atom. The zero-order valence-electron chi connectivity index (χ0n) is 14.7. The number of aliphatic carboxylic acids is 1. The summed E-state index contributed by atoms with van der Waals surface area (Å²) in [5.41, 5.74) is 0.943. The van der Waals surface area contributed by atoms with Crippen LogP contribution in [0.3, 0.4) is 0 Å². The molecule has 1 fully saturated rings. The Morgan fingerprint density at radius 3 is 1.96 bits per heavy atom. The van der Waals surface area contributed by atoms with Crippen molar-refractivity contribution < 1.29 is 19.2 Å². The van der Waals surface area contributed by atoms with E-state index in [0.717, 1.165) is 11.2 Å². The Bertz CT molecular complexity index is 552. The van der Waals surface area contributed by atoms with Crippen molar-refractivity contribution in [2.45, 2.75) is 58.8 Å². The Kier molecular flexibility index (Phi) is 4.78. The van der Waals surface area contributed by atoms with Gasteiger partial charge in [0, 0.05) is 5.69 Å². The second-order valence-corrected chi connectivity index (χ2v) is 7.41. The fourth-order valence-corrected chi connectivity index (χ4v) is 2.41. The Hall–Kier alpha value is -1.53. The van der Waals surface area contributed by atoms with Crippen molar-refractivity contribution in [2.75, 3.05) is 5.32 Å². The fourth-order valence-electron chi connectivity index (χ4n) is 2.41. The fraction of sp³-hybridized carbons (Fsp3) is 0.588. The van der Waals surface area contributed by atoms with Gasteiger partial charge in [-0.05, 0) is 51.2 Å². The molecule has 0 bridgehead atoms. The van der Waals surface area contributed by atoms with Gasteiger partial charge in [-0.2, -0.15) is 0 Å². The lowest BCUT2D eigenvalue weighted by Gasteiger charge is -2.32. The van der Waals surface area contributed by atoms with Crippen LogP contribution in [-0.4, -0.2) is 35.4 Å². The van der Waals surface area contributed by atoms with Gasteiger partial charge < -0.3 is 19.7 Å². The van der Waals surface area contributed by atoms with E-state index in [-0.39, 0.29) is 17.1 Å². The standard InChI is InChI=1S/C17H26BNO4/c1-11(2)14(15(20)21)19-13-9-7-12(8-10-13)18-22-16(3,4)17(5,6)23-18/h7-11,14,19H,1-6H3,(H,20,21). The maximum atomic E-state index is 11.3. The van der Waals surface area contributed by atoms with Gasteiger partial charge in [0.1, 0.15) is 6.04 Å². The van der Waals surface area contributed by atoms with E-state index in [0.29, 0.717) is 0 Å². The normalized spacial score (nSPS) is 20.6. The molecule has 1 heterocycles. The molecular weight excluding hydrogens is 293 g/mol. The molecular formula is C17H26BNO4. The first-order valence-electron chi connectivity index (χ1n) is 7.98. The molecule has 1 aromatic carbocycles. The lowest BCUT2D eigenvalue weighted by Crippen LogP contribution is -2.41. The highest BCUT2D eigenvalue weighted by Crippen LogP contribution is 2.36. The molecule has 1 aliphatic rings. The summed E-state index contributed by atoms with van der Waals surface area (Å²) in [7, 11) is -0.408. The van der Waals surface area contributed by atoms with Gasteiger partial charge in [-0.15, -0.1) is 0 Å². The first-order chi connectivity index (χ1) is 10.5. The van der Waals surface area contributed by atoms with Crippen molar-refractivity contribution in [3.8, 4) is 0 Å². The van der Waals surface area contributed by atoms with Gasteiger partial charge in [-0.1, -0.05) is 26.0 Å². The lowest BCUT2D eigenvalue weighted by molar-refractivity contribution is -0.138. The van der Waals surface area contributed by atoms with Gasteiger partial charge in [0.25, 0.3) is 0 Å². The number of carboxylic acid groups (broad SMARTS) is 1. The summed E-state index contributed by atoms with van der Waals surface area (Å²) < 4.78 is 12.0. The van der Waals surface area contributed by atoms with Crippen LogP contribution in [0.5, 0.6) is 0 Å². The molecule has 0 spiro atoms. The molecule has 1 aliphatic heterocycles. The van der Waals surface area contributed by atoms with E-state index in [1.807, 2.05) is 65.8 Å². The smallest absolute Gasteiger partial charge is 0.480 e. The largest absolute Gasteiger partial charge is 0.494 e. The number of hydrogen-bond acceptors (Lipinski definition) is 4. The maximum absolute atomic E-state index is 11.3. The molecule has 1 saturated heterocycles. The van der Waals surface area contributed by atoms with E-state index in [4.69, 9.17) is 9.31 Å². The predicted octanol–water partition coefficient (Wildman–Crippen LogP) is 2.51. The third kappa shape index (κ3) is 3.70. The molecule has 1 atom stereocenters.